The second-order valence-corrected chi connectivity index (χ2v) is 6.96. The average molecular weight is 349 g/mol. The first kappa shape index (κ1) is 18.9. The van der Waals surface area contributed by atoms with Gasteiger partial charge in [-0.15, -0.1) is 12.4 Å². The lowest BCUT2D eigenvalue weighted by atomic mass is 9.93. The Kier molecular flexibility index (Phi) is 6.80. The molecule has 2 rings (SSSR count). The maximum atomic E-state index is 12.3. The number of esters is 1. The van der Waals surface area contributed by atoms with Crippen LogP contribution in [-0.4, -0.2) is 33.6 Å². The number of hydrogen-bond acceptors (Lipinski definition) is 5. The Bertz CT molecular complexity index is 596. The van der Waals surface area contributed by atoms with Crippen LogP contribution in [0.1, 0.15) is 36.0 Å². The Morgan fingerprint density at radius 2 is 1.73 bits per heavy atom. The van der Waals surface area contributed by atoms with Crippen molar-refractivity contribution in [2.24, 2.45) is 5.73 Å². The molecule has 0 heterocycles. The summed E-state index contributed by atoms with van der Waals surface area (Å²) >= 11 is 0. The van der Waals surface area contributed by atoms with Crippen molar-refractivity contribution in [1.82, 2.24) is 4.72 Å². The molecular formula is C14H21ClN2O4S. The van der Waals surface area contributed by atoms with Crippen molar-refractivity contribution in [3.63, 3.8) is 0 Å². The SMILES string of the molecule is COC(=O)c1ccc(S(=O)(=O)NC2CCC(N)CC2)cc1.Cl. The molecule has 0 spiro atoms. The molecule has 0 aliphatic heterocycles. The van der Waals surface area contributed by atoms with Gasteiger partial charge in [-0.05, 0) is 49.9 Å². The monoisotopic (exact) mass is 348 g/mol. The van der Waals surface area contributed by atoms with Crippen LogP contribution in [0.2, 0.25) is 0 Å². The Morgan fingerprint density at radius 3 is 2.23 bits per heavy atom. The molecule has 6 nitrogen and oxygen atoms in total. The number of rotatable bonds is 4. The molecule has 22 heavy (non-hydrogen) atoms. The number of carbonyl (C=O) groups is 1. The standard InChI is InChI=1S/C14H20N2O4S.ClH/c1-20-14(17)10-2-8-13(9-3-10)21(18,19)16-12-6-4-11(15)5-7-12;/h2-3,8-9,11-12,16H,4-7,15H2,1H3;1H. The Balaban J connectivity index is 0.00000242. The van der Waals surface area contributed by atoms with Crippen molar-refractivity contribution < 1.29 is 17.9 Å². The quantitative estimate of drug-likeness (QED) is 0.802. The van der Waals surface area contributed by atoms with Gasteiger partial charge in [0.05, 0.1) is 17.6 Å². The van der Waals surface area contributed by atoms with Gasteiger partial charge in [0.15, 0.2) is 0 Å². The summed E-state index contributed by atoms with van der Waals surface area (Å²) in [6.07, 6.45) is 3.16. The first-order valence-corrected chi connectivity index (χ1v) is 8.37. The predicted octanol–water partition coefficient (Wildman–Crippen LogP) is 1.44. The molecule has 1 saturated carbocycles. The zero-order chi connectivity index (χ0) is 15.5. The van der Waals surface area contributed by atoms with Gasteiger partial charge in [0, 0.05) is 12.1 Å². The Morgan fingerprint density at radius 1 is 1.18 bits per heavy atom. The average Bonchev–Trinajstić information content (AvgIpc) is 2.49. The molecule has 124 valence electrons. The fourth-order valence-corrected chi connectivity index (χ4v) is 3.72. The van der Waals surface area contributed by atoms with Crippen LogP contribution in [0.4, 0.5) is 0 Å². The number of sulfonamides is 1. The van der Waals surface area contributed by atoms with Gasteiger partial charge in [-0.2, -0.15) is 0 Å². The number of ether oxygens (including phenoxy) is 1. The largest absolute Gasteiger partial charge is 0.465 e. The van der Waals surface area contributed by atoms with E-state index < -0.39 is 16.0 Å². The van der Waals surface area contributed by atoms with E-state index in [4.69, 9.17) is 5.73 Å². The van der Waals surface area contributed by atoms with Crippen LogP contribution in [0.15, 0.2) is 29.2 Å². The van der Waals surface area contributed by atoms with Gasteiger partial charge in [0.1, 0.15) is 0 Å². The van der Waals surface area contributed by atoms with Crippen molar-refractivity contribution >= 4 is 28.4 Å². The van der Waals surface area contributed by atoms with E-state index in [9.17, 15) is 13.2 Å². The summed E-state index contributed by atoms with van der Waals surface area (Å²) in [4.78, 5) is 11.5. The number of nitrogens with one attached hydrogen (secondary N) is 1. The van der Waals surface area contributed by atoms with Crippen molar-refractivity contribution in [1.29, 1.82) is 0 Å². The summed E-state index contributed by atoms with van der Waals surface area (Å²) < 4.78 is 31.8. The number of halogens is 1. The van der Waals surface area contributed by atoms with Crippen LogP contribution >= 0.6 is 12.4 Å². The fraction of sp³-hybridized carbons (Fsp3) is 0.500. The van der Waals surface area contributed by atoms with Gasteiger partial charge in [-0.1, -0.05) is 0 Å². The first-order valence-electron chi connectivity index (χ1n) is 6.88. The molecule has 0 aromatic heterocycles. The first-order chi connectivity index (χ1) is 9.92. The molecule has 0 amide bonds. The summed E-state index contributed by atoms with van der Waals surface area (Å²) in [7, 11) is -2.29. The molecular weight excluding hydrogens is 328 g/mol. The zero-order valence-electron chi connectivity index (χ0n) is 12.3. The van der Waals surface area contributed by atoms with Crippen LogP contribution in [-0.2, 0) is 14.8 Å². The summed E-state index contributed by atoms with van der Waals surface area (Å²) in [5.74, 6) is -0.492. The smallest absolute Gasteiger partial charge is 0.337 e. The van der Waals surface area contributed by atoms with Gasteiger partial charge >= 0.3 is 5.97 Å². The summed E-state index contributed by atoms with van der Waals surface area (Å²) in [6, 6.07) is 5.79. The Hall–Kier alpha value is -1.15. The number of nitrogens with two attached hydrogens (primary N) is 1. The Labute approximate surface area is 136 Å². The van der Waals surface area contributed by atoms with Crippen molar-refractivity contribution in [2.75, 3.05) is 7.11 Å². The van der Waals surface area contributed by atoms with E-state index in [-0.39, 0.29) is 29.4 Å². The number of carbonyl (C=O) groups excluding carboxylic acids is 1. The van der Waals surface area contributed by atoms with Crippen molar-refractivity contribution in [2.45, 2.75) is 42.7 Å². The normalized spacial score (nSPS) is 21.7. The second-order valence-electron chi connectivity index (χ2n) is 5.25. The van der Waals surface area contributed by atoms with Gasteiger partial charge < -0.3 is 10.5 Å². The minimum Gasteiger partial charge on any atom is -0.465 e. The molecule has 8 heteroatoms. The number of benzene rings is 1. The molecule has 0 unspecified atom stereocenters. The molecule has 1 aliphatic carbocycles. The van der Waals surface area contributed by atoms with Crippen LogP contribution in [0.5, 0.6) is 0 Å². The lowest BCUT2D eigenvalue weighted by molar-refractivity contribution is 0.0600. The molecule has 0 saturated heterocycles. The third-order valence-electron chi connectivity index (χ3n) is 3.68. The zero-order valence-corrected chi connectivity index (χ0v) is 14.0. The predicted molar refractivity (Wildman–Crippen MR) is 85.6 cm³/mol. The van der Waals surface area contributed by atoms with Crippen molar-refractivity contribution in [3.8, 4) is 0 Å². The van der Waals surface area contributed by atoms with E-state index in [2.05, 4.69) is 9.46 Å². The molecule has 1 aliphatic rings. The molecule has 0 bridgehead atoms. The second kappa shape index (κ2) is 7.92. The van der Waals surface area contributed by atoms with Crippen LogP contribution in [0.25, 0.3) is 0 Å². The molecule has 3 N–H and O–H groups in total. The van der Waals surface area contributed by atoms with Gasteiger partial charge in [-0.25, -0.2) is 17.9 Å². The van der Waals surface area contributed by atoms with Gasteiger partial charge in [0.2, 0.25) is 10.0 Å². The van der Waals surface area contributed by atoms with E-state index in [1.807, 2.05) is 0 Å². The highest BCUT2D eigenvalue weighted by molar-refractivity contribution is 7.89. The maximum absolute atomic E-state index is 12.3. The van der Waals surface area contributed by atoms with Gasteiger partial charge in [0.25, 0.3) is 0 Å². The van der Waals surface area contributed by atoms with Crippen LogP contribution in [0.3, 0.4) is 0 Å². The van der Waals surface area contributed by atoms with Crippen LogP contribution < -0.4 is 10.5 Å². The summed E-state index contributed by atoms with van der Waals surface area (Å²) in [6.45, 7) is 0. The third kappa shape index (κ3) is 4.67. The molecule has 1 fully saturated rings. The van der Waals surface area contributed by atoms with E-state index >= 15 is 0 Å². The molecule has 1 aromatic carbocycles. The number of hydrogen-bond donors (Lipinski definition) is 2. The minimum atomic E-state index is -3.57. The lowest BCUT2D eigenvalue weighted by Gasteiger charge is -2.26. The lowest BCUT2D eigenvalue weighted by Crippen LogP contribution is -2.40. The van der Waals surface area contributed by atoms with E-state index in [1.165, 1.54) is 31.4 Å². The van der Waals surface area contributed by atoms with Gasteiger partial charge in [-0.3, -0.25) is 0 Å². The van der Waals surface area contributed by atoms with E-state index in [0.717, 1.165) is 25.7 Å². The van der Waals surface area contributed by atoms with E-state index in [1.54, 1.807) is 0 Å². The maximum Gasteiger partial charge on any atom is 0.337 e. The highest BCUT2D eigenvalue weighted by Crippen LogP contribution is 2.20. The number of methoxy groups -OCH3 is 1. The molecule has 1 aromatic rings. The van der Waals surface area contributed by atoms with E-state index in [0.29, 0.717) is 5.56 Å². The summed E-state index contributed by atoms with van der Waals surface area (Å²) in [5.41, 5.74) is 6.13. The highest BCUT2D eigenvalue weighted by Gasteiger charge is 2.24. The minimum absolute atomic E-state index is 0. The third-order valence-corrected chi connectivity index (χ3v) is 5.22. The molecule has 0 radical (unpaired) electrons. The fourth-order valence-electron chi connectivity index (χ4n) is 2.41. The molecule has 0 atom stereocenters. The topological polar surface area (TPSA) is 98.5 Å². The highest BCUT2D eigenvalue weighted by atomic mass is 35.5. The van der Waals surface area contributed by atoms with Crippen LogP contribution in [0, 0.1) is 0 Å². The van der Waals surface area contributed by atoms with Crippen molar-refractivity contribution in [3.05, 3.63) is 29.8 Å². The summed E-state index contributed by atoms with van der Waals surface area (Å²) in [5, 5.41) is 0.